The number of rotatable bonds is 7. The number of hydrogen-bond acceptors (Lipinski definition) is 8. The molecule has 38 heavy (non-hydrogen) atoms. The van der Waals surface area contributed by atoms with E-state index in [1.165, 1.54) is 24.4 Å². The third-order valence-corrected chi connectivity index (χ3v) is 6.68. The number of anilines is 4. The molecule has 2 aromatic carbocycles. The van der Waals surface area contributed by atoms with Crippen molar-refractivity contribution in [2.45, 2.75) is 19.4 Å². The molecule has 9 nitrogen and oxygen atoms in total. The Morgan fingerprint density at radius 1 is 1.18 bits per heavy atom. The van der Waals surface area contributed by atoms with E-state index in [2.05, 4.69) is 25.5 Å². The van der Waals surface area contributed by atoms with E-state index in [0.717, 1.165) is 6.07 Å². The number of aliphatic hydroxyl groups excluding tert-OH is 1. The summed E-state index contributed by atoms with van der Waals surface area (Å²) in [4.78, 5) is 25.0. The van der Waals surface area contributed by atoms with Crippen LogP contribution in [0.15, 0.2) is 42.6 Å². The van der Waals surface area contributed by atoms with Gasteiger partial charge in [0.25, 0.3) is 5.91 Å². The third-order valence-electron chi connectivity index (χ3n) is 6.40. The molecule has 3 aromatic rings. The topological polar surface area (TPSA) is 117 Å². The van der Waals surface area contributed by atoms with Crippen molar-refractivity contribution in [1.82, 2.24) is 14.9 Å². The zero-order chi connectivity index (χ0) is 27.4. The van der Waals surface area contributed by atoms with Crippen LogP contribution < -0.4 is 15.5 Å². The monoisotopic (exact) mass is 541 g/mol. The second-order valence-corrected chi connectivity index (χ2v) is 9.76. The van der Waals surface area contributed by atoms with Gasteiger partial charge in [0.05, 0.1) is 34.8 Å². The Hall–Kier alpha value is -3.85. The average Bonchev–Trinajstić information content (AvgIpc) is 2.91. The Kier molecular flexibility index (Phi) is 8.06. The highest BCUT2D eigenvalue weighted by molar-refractivity contribution is 6.34. The summed E-state index contributed by atoms with van der Waals surface area (Å²) in [5.41, 5.74) is -0.135. The van der Waals surface area contributed by atoms with Crippen molar-refractivity contribution in [2.75, 3.05) is 48.3 Å². The predicted molar refractivity (Wildman–Crippen MR) is 141 cm³/mol. The van der Waals surface area contributed by atoms with E-state index in [1.54, 1.807) is 12.1 Å². The van der Waals surface area contributed by atoms with E-state index in [0.29, 0.717) is 37.6 Å². The molecule has 0 spiro atoms. The van der Waals surface area contributed by atoms with Crippen LogP contribution in [0.3, 0.4) is 0 Å². The first-order valence-electron chi connectivity index (χ1n) is 11.8. The second-order valence-electron chi connectivity index (χ2n) is 9.35. The van der Waals surface area contributed by atoms with Crippen molar-refractivity contribution in [3.05, 3.63) is 70.5 Å². The van der Waals surface area contributed by atoms with Crippen LogP contribution >= 0.6 is 11.6 Å². The van der Waals surface area contributed by atoms with Gasteiger partial charge in [-0.15, -0.1) is 0 Å². The Bertz CT molecular complexity index is 1390. The molecule has 0 atom stereocenters. The summed E-state index contributed by atoms with van der Waals surface area (Å²) >= 11 is 6.10. The van der Waals surface area contributed by atoms with E-state index in [-0.39, 0.29) is 40.1 Å². The lowest BCUT2D eigenvalue weighted by Gasteiger charge is -2.43. The molecule has 0 bridgehead atoms. The number of para-hydroxylation sites is 1. The van der Waals surface area contributed by atoms with Crippen LogP contribution in [-0.4, -0.2) is 64.2 Å². The van der Waals surface area contributed by atoms with Gasteiger partial charge in [-0.25, -0.2) is 18.7 Å². The molecule has 0 unspecified atom stereocenters. The van der Waals surface area contributed by atoms with Gasteiger partial charge < -0.3 is 20.6 Å². The van der Waals surface area contributed by atoms with Gasteiger partial charge in [0.2, 0.25) is 5.95 Å². The van der Waals surface area contributed by atoms with Gasteiger partial charge in [0.1, 0.15) is 17.7 Å². The lowest BCUT2D eigenvalue weighted by atomic mass is 10.0. The molecular formula is C26H26ClF2N7O2. The number of benzene rings is 2. The van der Waals surface area contributed by atoms with E-state index in [9.17, 15) is 19.6 Å². The van der Waals surface area contributed by atoms with Gasteiger partial charge in [0.15, 0.2) is 5.69 Å². The number of amides is 1. The van der Waals surface area contributed by atoms with Gasteiger partial charge in [-0.05, 0) is 44.2 Å². The summed E-state index contributed by atoms with van der Waals surface area (Å²) in [5, 5.41) is 23.9. The number of nitriles is 1. The number of nitrogens with zero attached hydrogens (tertiary/aromatic N) is 5. The molecule has 4 rings (SSSR count). The third kappa shape index (κ3) is 5.83. The summed E-state index contributed by atoms with van der Waals surface area (Å²) in [6.45, 7) is 6.60. The van der Waals surface area contributed by atoms with Crippen molar-refractivity contribution in [2.24, 2.45) is 0 Å². The van der Waals surface area contributed by atoms with Gasteiger partial charge in [-0.2, -0.15) is 5.26 Å². The molecule has 1 fully saturated rings. The maximum atomic E-state index is 15.0. The van der Waals surface area contributed by atoms with E-state index < -0.39 is 17.5 Å². The van der Waals surface area contributed by atoms with Gasteiger partial charge >= 0.3 is 0 Å². The number of aliphatic hydroxyl groups is 1. The Labute approximate surface area is 223 Å². The van der Waals surface area contributed by atoms with Crippen LogP contribution in [-0.2, 0) is 0 Å². The fourth-order valence-corrected chi connectivity index (χ4v) is 4.30. The van der Waals surface area contributed by atoms with Crippen molar-refractivity contribution in [1.29, 1.82) is 5.26 Å². The number of hydrogen-bond donors (Lipinski definition) is 3. The maximum Gasteiger partial charge on any atom is 0.276 e. The first-order valence-corrected chi connectivity index (χ1v) is 12.2. The fourth-order valence-electron chi connectivity index (χ4n) is 4.13. The first kappa shape index (κ1) is 27.2. The molecule has 1 aliphatic rings. The van der Waals surface area contributed by atoms with Crippen LogP contribution in [0.5, 0.6) is 0 Å². The Balaban J connectivity index is 1.47. The SMILES string of the molecule is CC(C)(CO)N1CCN(c2ccc(Nc3ncc(Cl)c(C(=O)Nc4c(F)cccc4C#N)n3)cc2F)CC1. The highest BCUT2D eigenvalue weighted by Crippen LogP contribution is 2.27. The zero-order valence-electron chi connectivity index (χ0n) is 20.8. The number of nitrogens with one attached hydrogen (secondary N) is 2. The summed E-state index contributed by atoms with van der Waals surface area (Å²) in [6, 6.07) is 10.3. The largest absolute Gasteiger partial charge is 0.394 e. The molecule has 1 aromatic heterocycles. The summed E-state index contributed by atoms with van der Waals surface area (Å²) in [5.74, 6) is -2.09. The molecule has 0 radical (unpaired) electrons. The van der Waals surface area contributed by atoms with Gasteiger partial charge in [-0.1, -0.05) is 17.7 Å². The number of carbonyl (C=O) groups excluding carboxylic acids is 1. The fraction of sp³-hybridized carbons (Fsp3) is 0.308. The maximum absolute atomic E-state index is 15.0. The van der Waals surface area contributed by atoms with Crippen LogP contribution in [0.2, 0.25) is 5.02 Å². The minimum absolute atomic E-state index is 0.0272. The smallest absolute Gasteiger partial charge is 0.276 e. The lowest BCUT2D eigenvalue weighted by molar-refractivity contribution is 0.0526. The predicted octanol–water partition coefficient (Wildman–Crippen LogP) is 4.17. The highest BCUT2D eigenvalue weighted by atomic mass is 35.5. The number of aromatic nitrogens is 2. The van der Waals surface area contributed by atoms with Crippen LogP contribution in [0.4, 0.5) is 31.8 Å². The van der Waals surface area contributed by atoms with E-state index in [1.807, 2.05) is 24.8 Å². The molecule has 0 aliphatic carbocycles. The number of carbonyl (C=O) groups is 1. The molecule has 3 N–H and O–H groups in total. The van der Waals surface area contributed by atoms with Crippen molar-refractivity contribution < 1.29 is 18.7 Å². The van der Waals surface area contributed by atoms with Crippen LogP contribution in [0.1, 0.15) is 29.9 Å². The Morgan fingerprint density at radius 3 is 2.58 bits per heavy atom. The summed E-state index contributed by atoms with van der Waals surface area (Å²) < 4.78 is 29.2. The molecule has 1 aliphatic heterocycles. The average molecular weight is 542 g/mol. The summed E-state index contributed by atoms with van der Waals surface area (Å²) in [6.07, 6.45) is 1.19. The van der Waals surface area contributed by atoms with Crippen molar-refractivity contribution in [3.8, 4) is 6.07 Å². The molecule has 1 amide bonds. The van der Waals surface area contributed by atoms with Gasteiger partial charge in [-0.3, -0.25) is 9.69 Å². The molecule has 0 saturated carbocycles. The Morgan fingerprint density at radius 2 is 1.92 bits per heavy atom. The highest BCUT2D eigenvalue weighted by Gasteiger charge is 2.30. The number of halogens is 3. The van der Waals surface area contributed by atoms with Crippen LogP contribution in [0, 0.1) is 23.0 Å². The summed E-state index contributed by atoms with van der Waals surface area (Å²) in [7, 11) is 0. The second kappa shape index (κ2) is 11.3. The van der Waals surface area contributed by atoms with E-state index >= 15 is 4.39 Å². The first-order chi connectivity index (χ1) is 18.1. The molecule has 12 heteroatoms. The minimum atomic E-state index is -0.841. The molecule has 198 valence electrons. The minimum Gasteiger partial charge on any atom is -0.394 e. The van der Waals surface area contributed by atoms with Crippen LogP contribution in [0.25, 0.3) is 0 Å². The van der Waals surface area contributed by atoms with Crippen molar-refractivity contribution >= 4 is 40.5 Å². The normalized spacial score (nSPS) is 14.2. The zero-order valence-corrected chi connectivity index (χ0v) is 21.6. The van der Waals surface area contributed by atoms with Gasteiger partial charge in [0, 0.05) is 37.4 Å². The van der Waals surface area contributed by atoms with E-state index in [4.69, 9.17) is 11.6 Å². The molecule has 2 heterocycles. The quantitative estimate of drug-likeness (QED) is 0.408. The number of piperazine rings is 1. The molecular weight excluding hydrogens is 516 g/mol. The lowest BCUT2D eigenvalue weighted by Crippen LogP contribution is -2.56. The molecule has 1 saturated heterocycles. The standard InChI is InChI=1S/C26H26ClF2N7O2/c1-26(2,15-37)36-10-8-35(9-11-36)21-7-6-17(12-20(21)29)32-25-31-14-18(27)23(34-25)24(38)33-22-16(13-30)4-3-5-19(22)28/h3-7,12,14,37H,8-11,15H2,1-2H3,(H,33,38)(H,31,32,34). The van der Waals surface area contributed by atoms with Crippen molar-refractivity contribution in [3.63, 3.8) is 0 Å².